The molecule has 0 aliphatic carbocycles. The van der Waals surface area contributed by atoms with Gasteiger partial charge in [0.15, 0.2) is 11.5 Å². The van der Waals surface area contributed by atoms with E-state index in [2.05, 4.69) is 29.3 Å². The molecule has 1 N–H and O–H groups in total. The van der Waals surface area contributed by atoms with E-state index in [0.717, 1.165) is 24.1 Å². The predicted molar refractivity (Wildman–Crippen MR) is 84.5 cm³/mol. The van der Waals surface area contributed by atoms with Crippen LogP contribution in [-0.4, -0.2) is 12.1 Å². The predicted octanol–water partition coefficient (Wildman–Crippen LogP) is 3.65. The lowest BCUT2D eigenvalue weighted by Gasteiger charge is -1.94. The van der Waals surface area contributed by atoms with Crippen LogP contribution in [0.5, 0.6) is 0 Å². The number of thiophene rings is 1. The summed E-state index contributed by atoms with van der Waals surface area (Å²) >= 11 is 1.55. The molecule has 2 aromatic heterocycles. The van der Waals surface area contributed by atoms with Crippen molar-refractivity contribution in [2.24, 2.45) is 5.10 Å². The zero-order valence-corrected chi connectivity index (χ0v) is 12.6. The zero-order chi connectivity index (χ0) is 14.9. The number of nitrogens with zero attached hydrogens (tertiary/aromatic N) is 1. The van der Waals surface area contributed by atoms with Crippen LogP contribution in [0.4, 0.5) is 0 Å². The van der Waals surface area contributed by atoms with Crippen LogP contribution < -0.4 is 5.43 Å². The largest absolute Gasteiger partial charge is 0.443 e. The van der Waals surface area contributed by atoms with Crippen LogP contribution in [-0.2, 0) is 0 Å². The summed E-state index contributed by atoms with van der Waals surface area (Å²) in [6, 6.07) is 7.12. The van der Waals surface area contributed by atoms with Crippen molar-refractivity contribution in [3.8, 4) is 11.8 Å². The summed E-state index contributed by atoms with van der Waals surface area (Å²) < 4.78 is 5.36. The van der Waals surface area contributed by atoms with Gasteiger partial charge in [-0.2, -0.15) is 5.10 Å². The lowest BCUT2D eigenvalue weighted by atomic mass is 10.2. The van der Waals surface area contributed by atoms with Crippen LogP contribution in [0.3, 0.4) is 0 Å². The quantitative estimate of drug-likeness (QED) is 0.396. The molecule has 0 aromatic carbocycles. The van der Waals surface area contributed by atoms with E-state index < -0.39 is 0 Å². The van der Waals surface area contributed by atoms with E-state index in [1.807, 2.05) is 17.5 Å². The van der Waals surface area contributed by atoms with Crippen LogP contribution >= 0.6 is 11.3 Å². The van der Waals surface area contributed by atoms with Gasteiger partial charge in [0.25, 0.3) is 0 Å². The molecular formula is C16H16N2O2S. The van der Waals surface area contributed by atoms with Gasteiger partial charge >= 0.3 is 5.91 Å². The summed E-state index contributed by atoms with van der Waals surface area (Å²) in [5, 5.41) is 5.82. The molecule has 2 heterocycles. The Morgan fingerprint density at radius 2 is 2.38 bits per heavy atom. The highest BCUT2D eigenvalue weighted by Gasteiger charge is 2.09. The molecule has 1 amide bonds. The molecule has 0 atom stereocenters. The number of hydrazone groups is 1. The number of rotatable bonds is 5. The minimum Gasteiger partial charge on any atom is -0.443 e. The summed E-state index contributed by atoms with van der Waals surface area (Å²) in [7, 11) is 0. The third kappa shape index (κ3) is 4.93. The van der Waals surface area contributed by atoms with Gasteiger partial charge < -0.3 is 4.42 Å². The molecule has 0 unspecified atom stereocenters. The lowest BCUT2D eigenvalue weighted by Crippen LogP contribution is -2.16. The number of carbonyl (C=O) groups is 1. The smallest absolute Gasteiger partial charge is 0.307 e. The second-order valence-electron chi connectivity index (χ2n) is 4.28. The molecule has 108 valence electrons. The average molecular weight is 300 g/mol. The number of unbranched alkanes of at least 4 members (excludes halogenated alkanes) is 2. The molecule has 0 spiro atoms. The number of amides is 1. The second kappa shape index (κ2) is 8.08. The Morgan fingerprint density at radius 3 is 3.14 bits per heavy atom. The fraction of sp³-hybridized carbons (Fsp3) is 0.250. The summed E-state index contributed by atoms with van der Waals surface area (Å²) in [6.45, 7) is 2.12. The van der Waals surface area contributed by atoms with Crippen molar-refractivity contribution in [3.63, 3.8) is 0 Å². The molecule has 0 radical (unpaired) electrons. The summed E-state index contributed by atoms with van der Waals surface area (Å²) in [6.07, 6.45) is 4.61. The third-order valence-corrected chi connectivity index (χ3v) is 3.40. The van der Waals surface area contributed by atoms with Crippen molar-refractivity contribution in [1.82, 2.24) is 5.43 Å². The first-order chi connectivity index (χ1) is 10.3. The molecule has 21 heavy (non-hydrogen) atoms. The number of hydrogen-bond donors (Lipinski definition) is 1. The maximum atomic E-state index is 11.8. The van der Waals surface area contributed by atoms with Crippen molar-refractivity contribution in [3.05, 3.63) is 46.0 Å². The van der Waals surface area contributed by atoms with Gasteiger partial charge in [0, 0.05) is 11.3 Å². The van der Waals surface area contributed by atoms with Gasteiger partial charge in [0.2, 0.25) is 0 Å². The molecule has 0 saturated heterocycles. The summed E-state index contributed by atoms with van der Waals surface area (Å²) in [5.74, 6) is 6.23. The van der Waals surface area contributed by atoms with E-state index in [1.54, 1.807) is 29.7 Å². The van der Waals surface area contributed by atoms with E-state index >= 15 is 0 Å². The topological polar surface area (TPSA) is 54.6 Å². The van der Waals surface area contributed by atoms with Gasteiger partial charge in [-0.1, -0.05) is 25.3 Å². The van der Waals surface area contributed by atoms with Gasteiger partial charge in [-0.25, -0.2) is 5.43 Å². The van der Waals surface area contributed by atoms with Gasteiger partial charge in [-0.05, 0) is 35.9 Å². The van der Waals surface area contributed by atoms with Crippen LogP contribution in [0.15, 0.2) is 39.2 Å². The van der Waals surface area contributed by atoms with Crippen molar-refractivity contribution >= 4 is 23.5 Å². The Kier molecular flexibility index (Phi) is 5.80. The minimum atomic E-state index is -0.385. The monoisotopic (exact) mass is 300 g/mol. The Hall–Kier alpha value is -2.32. The molecule has 0 aliphatic rings. The van der Waals surface area contributed by atoms with Crippen LogP contribution in [0.2, 0.25) is 0 Å². The third-order valence-electron chi connectivity index (χ3n) is 2.60. The highest BCUT2D eigenvalue weighted by atomic mass is 32.1. The van der Waals surface area contributed by atoms with E-state index in [1.165, 1.54) is 0 Å². The second-order valence-corrected chi connectivity index (χ2v) is 5.26. The SMILES string of the molecule is CCCCC#Cc1ccc(C(=O)NN=Cc2cccs2)o1. The fourth-order valence-electron chi connectivity index (χ4n) is 1.52. The highest BCUT2D eigenvalue weighted by molar-refractivity contribution is 7.11. The van der Waals surface area contributed by atoms with E-state index in [9.17, 15) is 4.79 Å². The number of carbonyl (C=O) groups excluding carboxylic acids is 1. The van der Waals surface area contributed by atoms with E-state index in [4.69, 9.17) is 4.42 Å². The Labute approximate surface area is 127 Å². The van der Waals surface area contributed by atoms with Crippen LogP contribution in [0.1, 0.15) is 47.4 Å². The summed E-state index contributed by atoms with van der Waals surface area (Å²) in [5.41, 5.74) is 2.42. The van der Waals surface area contributed by atoms with Crippen LogP contribution in [0, 0.1) is 11.8 Å². The number of furan rings is 1. The van der Waals surface area contributed by atoms with Crippen molar-refractivity contribution < 1.29 is 9.21 Å². The molecule has 0 saturated carbocycles. The number of nitrogens with one attached hydrogen (secondary N) is 1. The molecule has 4 nitrogen and oxygen atoms in total. The maximum Gasteiger partial charge on any atom is 0.307 e. The van der Waals surface area contributed by atoms with E-state index in [-0.39, 0.29) is 11.7 Å². The summed E-state index contributed by atoms with van der Waals surface area (Å²) in [4.78, 5) is 12.8. The van der Waals surface area contributed by atoms with Gasteiger partial charge in [0.1, 0.15) is 0 Å². The average Bonchev–Trinajstić information content (AvgIpc) is 3.15. The molecule has 5 heteroatoms. The first-order valence-electron chi connectivity index (χ1n) is 6.75. The molecule has 0 aliphatic heterocycles. The normalized spacial score (nSPS) is 10.3. The van der Waals surface area contributed by atoms with Crippen molar-refractivity contribution in [2.45, 2.75) is 26.2 Å². The molecular weight excluding hydrogens is 284 g/mol. The maximum absolute atomic E-state index is 11.8. The molecule has 2 aromatic rings. The fourth-order valence-corrected chi connectivity index (χ4v) is 2.10. The van der Waals surface area contributed by atoms with Crippen molar-refractivity contribution in [1.29, 1.82) is 0 Å². The zero-order valence-electron chi connectivity index (χ0n) is 11.8. The molecule has 0 bridgehead atoms. The minimum absolute atomic E-state index is 0.207. The van der Waals surface area contributed by atoms with Crippen molar-refractivity contribution in [2.75, 3.05) is 0 Å². The van der Waals surface area contributed by atoms with Gasteiger partial charge in [-0.3, -0.25) is 4.79 Å². The standard InChI is InChI=1S/C16H16N2O2S/c1-2-3-4-5-7-13-9-10-15(20-13)16(19)18-17-12-14-8-6-11-21-14/h6,8-12H,2-4H2,1H3,(H,18,19). The number of hydrogen-bond acceptors (Lipinski definition) is 4. The lowest BCUT2D eigenvalue weighted by molar-refractivity contribution is 0.0927. The molecule has 0 fully saturated rings. The Balaban J connectivity index is 1.88. The van der Waals surface area contributed by atoms with Gasteiger partial charge in [0.05, 0.1) is 6.21 Å². The first kappa shape index (κ1) is 15.1. The Morgan fingerprint density at radius 1 is 1.48 bits per heavy atom. The van der Waals surface area contributed by atoms with E-state index in [0.29, 0.717) is 5.76 Å². The van der Waals surface area contributed by atoms with Gasteiger partial charge in [-0.15, -0.1) is 11.3 Å². The Bertz CT molecular complexity index is 660. The molecule has 2 rings (SSSR count). The highest BCUT2D eigenvalue weighted by Crippen LogP contribution is 2.07. The first-order valence-corrected chi connectivity index (χ1v) is 7.63. The van der Waals surface area contributed by atoms with Crippen LogP contribution in [0.25, 0.3) is 0 Å².